The molecule has 0 bridgehead atoms. The van der Waals surface area contributed by atoms with Crippen LogP contribution in [0.25, 0.3) is 11.0 Å². The third-order valence-electron chi connectivity index (χ3n) is 5.00. The lowest BCUT2D eigenvalue weighted by molar-refractivity contribution is 0.0954. The monoisotopic (exact) mass is 340 g/mol. The smallest absolute Gasteiger partial charge is 0.271 e. The SMILES string of the molecule is CCn1c(C)nc2cc(C(=O)NN=C3CC(C)CC(C)(C)C3)ccc21. The van der Waals surface area contributed by atoms with Gasteiger partial charge in [0, 0.05) is 17.8 Å². The molecule has 1 heterocycles. The number of nitrogens with one attached hydrogen (secondary N) is 1. The maximum absolute atomic E-state index is 12.5. The van der Waals surface area contributed by atoms with Gasteiger partial charge in [-0.15, -0.1) is 0 Å². The van der Waals surface area contributed by atoms with Crippen LogP contribution >= 0.6 is 0 Å². The van der Waals surface area contributed by atoms with Gasteiger partial charge in [-0.05, 0) is 62.6 Å². The Balaban J connectivity index is 1.77. The molecule has 1 fully saturated rings. The summed E-state index contributed by atoms with van der Waals surface area (Å²) in [5.74, 6) is 1.40. The van der Waals surface area contributed by atoms with Crippen molar-refractivity contribution < 1.29 is 4.79 Å². The van der Waals surface area contributed by atoms with Gasteiger partial charge in [-0.2, -0.15) is 5.10 Å². The van der Waals surface area contributed by atoms with E-state index in [1.165, 1.54) is 6.42 Å². The van der Waals surface area contributed by atoms with Crippen LogP contribution in [0.15, 0.2) is 23.3 Å². The van der Waals surface area contributed by atoms with Gasteiger partial charge in [0.05, 0.1) is 11.0 Å². The summed E-state index contributed by atoms with van der Waals surface area (Å²) in [7, 11) is 0. The number of carbonyl (C=O) groups excluding carboxylic acids is 1. The topological polar surface area (TPSA) is 59.3 Å². The van der Waals surface area contributed by atoms with Crippen LogP contribution in [0.5, 0.6) is 0 Å². The first-order chi connectivity index (χ1) is 11.8. The van der Waals surface area contributed by atoms with Crippen molar-refractivity contribution >= 4 is 22.7 Å². The number of hydrogen-bond acceptors (Lipinski definition) is 3. The zero-order valence-electron chi connectivity index (χ0n) is 15.9. The van der Waals surface area contributed by atoms with Crippen molar-refractivity contribution in [3.05, 3.63) is 29.6 Å². The van der Waals surface area contributed by atoms with Crippen LogP contribution < -0.4 is 5.43 Å². The quantitative estimate of drug-likeness (QED) is 0.847. The molecule has 1 unspecified atom stereocenters. The van der Waals surface area contributed by atoms with Crippen LogP contribution in [0.1, 0.15) is 63.1 Å². The lowest BCUT2D eigenvalue weighted by Gasteiger charge is -2.34. The van der Waals surface area contributed by atoms with Gasteiger partial charge in [0.2, 0.25) is 0 Å². The number of rotatable bonds is 3. The fraction of sp³-hybridized carbons (Fsp3) is 0.550. The molecular formula is C20H28N4O. The van der Waals surface area contributed by atoms with Crippen LogP contribution in [-0.4, -0.2) is 21.2 Å². The Labute approximate surface area is 149 Å². The summed E-state index contributed by atoms with van der Waals surface area (Å²) in [6, 6.07) is 5.66. The maximum atomic E-state index is 12.5. The summed E-state index contributed by atoms with van der Waals surface area (Å²) in [4.78, 5) is 17.0. The van der Waals surface area contributed by atoms with Crippen LogP contribution in [0, 0.1) is 18.3 Å². The molecule has 5 nitrogen and oxygen atoms in total. The Kier molecular flexibility index (Phi) is 4.67. The van der Waals surface area contributed by atoms with E-state index < -0.39 is 0 Å². The molecule has 0 saturated heterocycles. The highest BCUT2D eigenvalue weighted by Crippen LogP contribution is 2.36. The van der Waals surface area contributed by atoms with Crippen molar-refractivity contribution in [3.63, 3.8) is 0 Å². The number of nitrogens with zero attached hydrogens (tertiary/aromatic N) is 3. The first-order valence-electron chi connectivity index (χ1n) is 9.12. The first kappa shape index (κ1) is 17.6. The van der Waals surface area contributed by atoms with Crippen LogP contribution in [0.3, 0.4) is 0 Å². The molecule has 1 aromatic heterocycles. The average molecular weight is 340 g/mol. The van der Waals surface area contributed by atoms with Crippen molar-refractivity contribution in [2.45, 2.75) is 60.4 Å². The van der Waals surface area contributed by atoms with Gasteiger partial charge >= 0.3 is 0 Å². The van der Waals surface area contributed by atoms with Crippen molar-refractivity contribution in [2.24, 2.45) is 16.4 Å². The van der Waals surface area contributed by atoms with E-state index in [4.69, 9.17) is 0 Å². The van der Waals surface area contributed by atoms with Crippen LogP contribution in [0.4, 0.5) is 0 Å². The number of amides is 1. The Morgan fingerprint density at radius 1 is 1.44 bits per heavy atom. The summed E-state index contributed by atoms with van der Waals surface area (Å²) in [6.45, 7) is 11.7. The minimum Gasteiger partial charge on any atom is -0.329 e. The van der Waals surface area contributed by atoms with E-state index in [0.717, 1.165) is 42.0 Å². The molecule has 2 aromatic rings. The number of aryl methyl sites for hydroxylation is 2. The van der Waals surface area contributed by atoms with Gasteiger partial charge in [-0.1, -0.05) is 20.8 Å². The maximum Gasteiger partial charge on any atom is 0.271 e. The van der Waals surface area contributed by atoms with E-state index in [2.05, 4.69) is 47.8 Å². The highest BCUT2D eigenvalue weighted by Gasteiger charge is 2.29. The highest BCUT2D eigenvalue weighted by atomic mass is 16.2. The number of hydrogen-bond donors (Lipinski definition) is 1. The van der Waals surface area contributed by atoms with E-state index in [-0.39, 0.29) is 11.3 Å². The van der Waals surface area contributed by atoms with Crippen LogP contribution in [0.2, 0.25) is 0 Å². The average Bonchev–Trinajstić information content (AvgIpc) is 2.84. The van der Waals surface area contributed by atoms with E-state index in [9.17, 15) is 4.79 Å². The lowest BCUT2D eigenvalue weighted by atomic mass is 9.72. The van der Waals surface area contributed by atoms with Gasteiger partial charge in [0.1, 0.15) is 5.82 Å². The van der Waals surface area contributed by atoms with E-state index in [1.54, 1.807) is 0 Å². The van der Waals surface area contributed by atoms with Crippen molar-refractivity contribution in [1.82, 2.24) is 15.0 Å². The zero-order valence-corrected chi connectivity index (χ0v) is 15.9. The highest BCUT2D eigenvalue weighted by molar-refractivity contribution is 5.98. The molecule has 0 spiro atoms. The van der Waals surface area contributed by atoms with Gasteiger partial charge in [0.25, 0.3) is 5.91 Å². The third kappa shape index (κ3) is 3.75. The molecule has 1 aliphatic carbocycles. The third-order valence-corrected chi connectivity index (χ3v) is 5.00. The molecular weight excluding hydrogens is 312 g/mol. The summed E-state index contributed by atoms with van der Waals surface area (Å²) >= 11 is 0. The van der Waals surface area contributed by atoms with E-state index in [0.29, 0.717) is 11.5 Å². The number of imidazole rings is 1. The van der Waals surface area contributed by atoms with E-state index in [1.807, 2.05) is 25.1 Å². The summed E-state index contributed by atoms with van der Waals surface area (Å²) < 4.78 is 2.14. The molecule has 1 saturated carbocycles. The summed E-state index contributed by atoms with van der Waals surface area (Å²) in [5.41, 5.74) is 6.60. The second-order valence-corrected chi connectivity index (χ2v) is 8.08. The summed E-state index contributed by atoms with van der Waals surface area (Å²) in [5, 5.41) is 4.42. The number of carbonyl (C=O) groups is 1. The molecule has 1 N–H and O–H groups in total. The summed E-state index contributed by atoms with van der Waals surface area (Å²) in [6.07, 6.45) is 3.11. The number of hydrazone groups is 1. The fourth-order valence-corrected chi connectivity index (χ4v) is 4.18. The molecule has 1 aromatic carbocycles. The molecule has 0 aliphatic heterocycles. The largest absolute Gasteiger partial charge is 0.329 e. The van der Waals surface area contributed by atoms with Crippen molar-refractivity contribution in [3.8, 4) is 0 Å². The predicted molar refractivity (Wildman–Crippen MR) is 102 cm³/mol. The van der Waals surface area contributed by atoms with Gasteiger partial charge in [0.15, 0.2) is 0 Å². The van der Waals surface area contributed by atoms with Crippen molar-refractivity contribution in [2.75, 3.05) is 0 Å². The Bertz CT molecular complexity index is 832. The van der Waals surface area contributed by atoms with Gasteiger partial charge in [-0.25, -0.2) is 10.4 Å². The molecule has 0 radical (unpaired) electrons. The molecule has 5 heteroatoms. The number of fused-ring (bicyclic) bond motifs is 1. The molecule has 1 aliphatic rings. The molecule has 1 atom stereocenters. The fourth-order valence-electron chi connectivity index (χ4n) is 4.18. The number of benzene rings is 1. The van der Waals surface area contributed by atoms with Gasteiger partial charge in [-0.3, -0.25) is 4.79 Å². The van der Waals surface area contributed by atoms with E-state index >= 15 is 0 Å². The molecule has 1 amide bonds. The second kappa shape index (κ2) is 6.62. The second-order valence-electron chi connectivity index (χ2n) is 8.08. The first-order valence-corrected chi connectivity index (χ1v) is 9.12. The standard InChI is InChI=1S/C20H28N4O/c1-6-24-14(3)21-17-10-15(7-8-18(17)24)19(25)23-22-16-9-13(2)11-20(4,5)12-16/h7-8,10,13H,6,9,11-12H2,1-5H3,(H,23,25). The normalized spacial score (nSPS) is 21.6. The Hall–Kier alpha value is -2.17. The molecule has 25 heavy (non-hydrogen) atoms. The Morgan fingerprint density at radius 2 is 2.20 bits per heavy atom. The minimum atomic E-state index is -0.172. The van der Waals surface area contributed by atoms with Crippen molar-refractivity contribution in [1.29, 1.82) is 0 Å². The minimum absolute atomic E-state index is 0.172. The zero-order chi connectivity index (χ0) is 18.2. The lowest BCUT2D eigenvalue weighted by Crippen LogP contribution is -2.30. The predicted octanol–water partition coefficient (Wildman–Crippen LogP) is 4.30. The Morgan fingerprint density at radius 3 is 2.88 bits per heavy atom. The molecule has 134 valence electrons. The molecule has 3 rings (SSSR count). The van der Waals surface area contributed by atoms with Gasteiger partial charge < -0.3 is 4.57 Å². The number of aromatic nitrogens is 2. The van der Waals surface area contributed by atoms with Crippen LogP contribution in [-0.2, 0) is 6.54 Å².